The van der Waals surface area contributed by atoms with Crippen molar-refractivity contribution >= 4 is 27.5 Å². The third-order valence-electron chi connectivity index (χ3n) is 5.90. The van der Waals surface area contributed by atoms with Crippen molar-refractivity contribution in [2.75, 3.05) is 24.1 Å². The molecule has 0 spiro atoms. The molecule has 2 amide bonds. The lowest BCUT2D eigenvalue weighted by atomic mass is 9.87. The highest BCUT2D eigenvalue weighted by molar-refractivity contribution is 7.92. The van der Waals surface area contributed by atoms with Crippen LogP contribution in [0.15, 0.2) is 42.5 Å². The van der Waals surface area contributed by atoms with Gasteiger partial charge in [-0.3, -0.25) is 14.3 Å². The van der Waals surface area contributed by atoms with Crippen LogP contribution in [0.1, 0.15) is 58.6 Å². The summed E-state index contributed by atoms with van der Waals surface area (Å²) in [6.45, 7) is 4.85. The largest absolute Gasteiger partial charge is 0.369 e. The van der Waals surface area contributed by atoms with Gasteiger partial charge >= 0.3 is 0 Å². The molecule has 1 unspecified atom stereocenters. The number of amides is 2. The highest BCUT2D eigenvalue weighted by Gasteiger charge is 2.25. The number of anilines is 1. The maximum Gasteiger partial charge on any atom is 0.253 e. The molecule has 0 aliphatic carbocycles. The summed E-state index contributed by atoms with van der Waals surface area (Å²) >= 11 is 0. The Morgan fingerprint density at radius 2 is 1.71 bits per heavy atom. The molecule has 2 aromatic carbocycles. The standard InChI is InChI=1S/C23H29N3O4S/c1-15-4-5-20(14-21(15)25-31(3,29)30)23(28)26-12-10-19(11-13-26)18-8-6-17(7-9-18)16(2)22(24)27/h4-9,14,16,19,25H,10-13H2,1-3H3,(H2,24,27). The molecule has 8 heteroatoms. The first-order valence-electron chi connectivity index (χ1n) is 10.3. The molecule has 2 aromatic rings. The fraction of sp³-hybridized carbons (Fsp3) is 0.391. The van der Waals surface area contributed by atoms with Crippen LogP contribution in [-0.4, -0.2) is 44.5 Å². The molecule has 1 aliphatic heterocycles. The van der Waals surface area contributed by atoms with Crippen LogP contribution in [0.4, 0.5) is 5.69 Å². The molecule has 0 aromatic heterocycles. The Bertz CT molecular complexity index is 1070. The Morgan fingerprint density at radius 3 is 2.26 bits per heavy atom. The topological polar surface area (TPSA) is 110 Å². The van der Waals surface area contributed by atoms with Crippen molar-refractivity contribution in [2.45, 2.75) is 38.5 Å². The van der Waals surface area contributed by atoms with E-state index in [0.29, 0.717) is 30.3 Å². The summed E-state index contributed by atoms with van der Waals surface area (Å²) in [6.07, 6.45) is 2.78. The number of rotatable bonds is 6. The second-order valence-electron chi connectivity index (χ2n) is 8.26. The van der Waals surface area contributed by atoms with Gasteiger partial charge in [-0.2, -0.15) is 0 Å². The molecule has 0 bridgehead atoms. The van der Waals surface area contributed by atoms with Gasteiger partial charge in [-0.1, -0.05) is 30.3 Å². The Balaban J connectivity index is 1.65. The minimum Gasteiger partial charge on any atom is -0.369 e. The average molecular weight is 444 g/mol. The molecular weight excluding hydrogens is 414 g/mol. The summed E-state index contributed by atoms with van der Waals surface area (Å²) in [5.74, 6) is -0.404. The second kappa shape index (κ2) is 9.09. The van der Waals surface area contributed by atoms with Gasteiger partial charge < -0.3 is 10.6 Å². The van der Waals surface area contributed by atoms with E-state index in [2.05, 4.69) is 4.72 Å². The SMILES string of the molecule is Cc1ccc(C(=O)N2CCC(c3ccc(C(C)C(N)=O)cc3)CC2)cc1NS(C)(=O)=O. The first-order valence-corrected chi connectivity index (χ1v) is 12.2. The smallest absolute Gasteiger partial charge is 0.253 e. The Morgan fingerprint density at radius 1 is 1.10 bits per heavy atom. The number of primary amides is 1. The van der Waals surface area contributed by atoms with Crippen molar-refractivity contribution in [3.8, 4) is 0 Å². The van der Waals surface area contributed by atoms with E-state index < -0.39 is 10.0 Å². The van der Waals surface area contributed by atoms with Gasteiger partial charge in [0.15, 0.2) is 0 Å². The first-order chi connectivity index (χ1) is 14.5. The number of carbonyl (C=O) groups excluding carboxylic acids is 2. The van der Waals surface area contributed by atoms with Gasteiger partial charge in [0.2, 0.25) is 15.9 Å². The number of nitrogens with two attached hydrogens (primary N) is 1. The van der Waals surface area contributed by atoms with Crippen molar-refractivity contribution < 1.29 is 18.0 Å². The summed E-state index contributed by atoms with van der Waals surface area (Å²) in [6, 6.07) is 13.1. The molecule has 1 atom stereocenters. The van der Waals surface area contributed by atoms with Gasteiger partial charge in [-0.25, -0.2) is 8.42 Å². The van der Waals surface area contributed by atoms with E-state index in [-0.39, 0.29) is 17.7 Å². The number of sulfonamides is 1. The lowest BCUT2D eigenvalue weighted by Gasteiger charge is -2.32. The number of hydrogen-bond donors (Lipinski definition) is 2. The minimum atomic E-state index is -3.42. The van der Waals surface area contributed by atoms with Crippen LogP contribution in [0.5, 0.6) is 0 Å². The van der Waals surface area contributed by atoms with Gasteiger partial charge in [0, 0.05) is 18.7 Å². The number of hydrogen-bond acceptors (Lipinski definition) is 4. The van der Waals surface area contributed by atoms with Gasteiger partial charge in [0.1, 0.15) is 0 Å². The molecule has 1 aliphatic rings. The number of benzene rings is 2. The predicted molar refractivity (Wildman–Crippen MR) is 122 cm³/mol. The lowest BCUT2D eigenvalue weighted by Crippen LogP contribution is -2.38. The van der Waals surface area contributed by atoms with Gasteiger partial charge in [-0.15, -0.1) is 0 Å². The lowest BCUT2D eigenvalue weighted by molar-refractivity contribution is -0.119. The highest BCUT2D eigenvalue weighted by atomic mass is 32.2. The number of likely N-dealkylation sites (tertiary alicyclic amines) is 1. The van der Waals surface area contributed by atoms with E-state index in [0.717, 1.165) is 30.2 Å². The summed E-state index contributed by atoms with van der Waals surface area (Å²) in [5.41, 5.74) is 9.13. The van der Waals surface area contributed by atoms with Crippen molar-refractivity contribution in [1.29, 1.82) is 0 Å². The van der Waals surface area contributed by atoms with Gasteiger partial charge in [0.05, 0.1) is 17.9 Å². The zero-order valence-corrected chi connectivity index (χ0v) is 18.9. The van der Waals surface area contributed by atoms with Crippen LogP contribution >= 0.6 is 0 Å². The first kappa shape index (κ1) is 22.8. The number of nitrogens with one attached hydrogen (secondary N) is 1. The van der Waals surface area contributed by atoms with Gasteiger partial charge in [-0.05, 0) is 61.4 Å². The molecule has 1 heterocycles. The zero-order valence-electron chi connectivity index (χ0n) is 18.1. The van der Waals surface area contributed by atoms with Crippen molar-refractivity contribution in [3.05, 3.63) is 64.7 Å². The fourth-order valence-electron chi connectivity index (χ4n) is 3.88. The molecule has 0 radical (unpaired) electrons. The summed E-state index contributed by atoms with van der Waals surface area (Å²) < 4.78 is 25.6. The molecular formula is C23H29N3O4S. The van der Waals surface area contributed by atoms with Crippen LogP contribution in [0.3, 0.4) is 0 Å². The highest BCUT2D eigenvalue weighted by Crippen LogP contribution is 2.30. The minimum absolute atomic E-state index is 0.0966. The molecule has 1 saturated heterocycles. The van der Waals surface area contributed by atoms with E-state index in [1.54, 1.807) is 32.0 Å². The second-order valence-corrected chi connectivity index (χ2v) is 10.0. The third-order valence-corrected chi connectivity index (χ3v) is 6.49. The normalized spacial score (nSPS) is 16.0. The predicted octanol–water partition coefficient (Wildman–Crippen LogP) is 2.98. The monoisotopic (exact) mass is 443 g/mol. The maximum atomic E-state index is 13.0. The van der Waals surface area contributed by atoms with Crippen LogP contribution < -0.4 is 10.5 Å². The summed E-state index contributed by atoms with van der Waals surface area (Å²) in [7, 11) is -3.42. The molecule has 3 N–H and O–H groups in total. The van der Waals surface area contributed by atoms with Crippen molar-refractivity contribution in [2.24, 2.45) is 5.73 Å². The number of piperidine rings is 1. The van der Waals surface area contributed by atoms with E-state index >= 15 is 0 Å². The van der Waals surface area contributed by atoms with Crippen LogP contribution in [0, 0.1) is 6.92 Å². The number of nitrogens with zero attached hydrogens (tertiary/aromatic N) is 1. The quantitative estimate of drug-likeness (QED) is 0.715. The van der Waals surface area contributed by atoms with E-state index in [9.17, 15) is 18.0 Å². The maximum absolute atomic E-state index is 13.0. The molecule has 166 valence electrons. The van der Waals surface area contributed by atoms with E-state index in [4.69, 9.17) is 5.73 Å². The molecule has 7 nitrogen and oxygen atoms in total. The van der Waals surface area contributed by atoms with E-state index in [1.807, 2.05) is 29.2 Å². The van der Waals surface area contributed by atoms with E-state index in [1.165, 1.54) is 5.56 Å². The van der Waals surface area contributed by atoms with Crippen LogP contribution in [0.25, 0.3) is 0 Å². The summed E-state index contributed by atoms with van der Waals surface area (Å²) in [5, 5.41) is 0. The number of aryl methyl sites for hydroxylation is 1. The van der Waals surface area contributed by atoms with Crippen LogP contribution in [0.2, 0.25) is 0 Å². The Hall–Kier alpha value is -2.87. The fourth-order valence-corrected chi connectivity index (χ4v) is 4.50. The van der Waals surface area contributed by atoms with Crippen LogP contribution in [-0.2, 0) is 14.8 Å². The zero-order chi connectivity index (χ0) is 22.8. The van der Waals surface area contributed by atoms with Crippen molar-refractivity contribution in [3.63, 3.8) is 0 Å². The molecule has 31 heavy (non-hydrogen) atoms. The average Bonchev–Trinajstić information content (AvgIpc) is 2.73. The van der Waals surface area contributed by atoms with Crippen molar-refractivity contribution in [1.82, 2.24) is 4.90 Å². The number of carbonyl (C=O) groups is 2. The van der Waals surface area contributed by atoms with Gasteiger partial charge in [0.25, 0.3) is 5.91 Å². The molecule has 3 rings (SSSR count). The summed E-state index contributed by atoms with van der Waals surface area (Å²) in [4.78, 5) is 26.1. The molecule has 1 fully saturated rings. The third kappa shape index (κ3) is 5.64. The Kier molecular flexibility index (Phi) is 6.69. The molecule has 0 saturated carbocycles. The Labute approximate surface area is 183 Å².